The Labute approximate surface area is 253 Å². The molecule has 2 fully saturated rings. The van der Waals surface area contributed by atoms with Crippen LogP contribution >= 0.6 is 0 Å². The molecule has 0 amide bonds. The molecule has 3 aromatic rings. The maximum atomic E-state index is 13.3. The molecule has 16 heteroatoms. The van der Waals surface area contributed by atoms with Crippen LogP contribution in [-0.2, 0) is 19.0 Å². The molecule has 0 spiro atoms. The van der Waals surface area contributed by atoms with Crippen molar-refractivity contribution in [1.82, 2.24) is 0 Å². The summed E-state index contributed by atoms with van der Waals surface area (Å²) in [5.41, 5.74) is -1.19. The second-order valence-electron chi connectivity index (χ2n) is 10.6. The molecular weight excluding hydrogens is 604 g/mol. The number of hydrogen-bond acceptors (Lipinski definition) is 16. The van der Waals surface area contributed by atoms with Crippen LogP contribution < -0.4 is 14.9 Å². The first-order valence-corrected chi connectivity index (χ1v) is 13.7. The Kier molecular flexibility index (Phi) is 9.31. The number of benzene rings is 2. The number of carbonyl (C=O) groups is 1. The van der Waals surface area contributed by atoms with Crippen molar-refractivity contribution in [3.63, 3.8) is 0 Å². The number of aliphatic hydroxyl groups excluding tert-OH is 6. The molecule has 2 aromatic carbocycles. The summed E-state index contributed by atoms with van der Waals surface area (Å²) in [7, 11) is 1.33. The second kappa shape index (κ2) is 12.9. The topological polar surface area (TPSA) is 255 Å². The van der Waals surface area contributed by atoms with E-state index in [0.717, 1.165) is 12.1 Å². The first-order chi connectivity index (χ1) is 21.4. The lowest BCUT2D eigenvalue weighted by molar-refractivity contribution is -0.336. The van der Waals surface area contributed by atoms with Crippen LogP contribution in [0.15, 0.2) is 39.5 Å². The molecule has 0 radical (unpaired) electrons. The summed E-state index contributed by atoms with van der Waals surface area (Å²) in [5.74, 6) is -1.81. The van der Waals surface area contributed by atoms with Gasteiger partial charge < -0.3 is 69.0 Å². The van der Waals surface area contributed by atoms with Crippen molar-refractivity contribution in [3.8, 4) is 34.3 Å². The molecule has 0 bridgehead atoms. The number of aromatic hydroxyl groups is 2. The van der Waals surface area contributed by atoms with E-state index in [4.69, 9.17) is 28.1 Å². The van der Waals surface area contributed by atoms with Crippen LogP contribution in [0.2, 0.25) is 0 Å². The molecule has 2 aliphatic heterocycles. The van der Waals surface area contributed by atoms with E-state index in [1.54, 1.807) is 0 Å². The average molecular weight is 637 g/mol. The van der Waals surface area contributed by atoms with Gasteiger partial charge in [-0.3, -0.25) is 9.59 Å². The van der Waals surface area contributed by atoms with Gasteiger partial charge in [0.2, 0.25) is 0 Å². The lowest BCUT2D eigenvalue weighted by Crippen LogP contribution is -2.61. The third-order valence-corrected chi connectivity index (χ3v) is 7.60. The number of rotatable bonds is 7. The summed E-state index contributed by atoms with van der Waals surface area (Å²) in [4.78, 5) is 24.8. The zero-order valence-corrected chi connectivity index (χ0v) is 23.8. The smallest absolute Gasteiger partial charge is 0.308 e. The number of methoxy groups -OCH3 is 1. The molecular formula is C29H32O16. The highest BCUT2D eigenvalue weighted by atomic mass is 16.7. The Hall–Kier alpha value is -3.84. The van der Waals surface area contributed by atoms with E-state index in [1.165, 1.54) is 32.2 Å². The van der Waals surface area contributed by atoms with E-state index >= 15 is 0 Å². The Morgan fingerprint density at radius 1 is 0.956 bits per heavy atom. The van der Waals surface area contributed by atoms with Gasteiger partial charge in [0.25, 0.3) is 0 Å². The van der Waals surface area contributed by atoms with E-state index in [0.29, 0.717) is 0 Å². The molecule has 1 aromatic heterocycles. The van der Waals surface area contributed by atoms with Crippen molar-refractivity contribution < 1.29 is 73.7 Å². The minimum absolute atomic E-state index is 0.0872. The van der Waals surface area contributed by atoms with Crippen LogP contribution in [0, 0.1) is 0 Å². The fourth-order valence-electron chi connectivity index (χ4n) is 5.33. The molecule has 0 saturated carbocycles. The molecule has 8 N–H and O–H groups in total. The molecule has 244 valence electrons. The molecule has 45 heavy (non-hydrogen) atoms. The van der Waals surface area contributed by atoms with Crippen LogP contribution in [0.25, 0.3) is 22.3 Å². The van der Waals surface area contributed by atoms with Crippen molar-refractivity contribution >= 4 is 16.9 Å². The normalized spacial score (nSPS) is 30.3. The standard InChI is InChI=1S/C29H32O16/c1-10(31)42-16-4-3-11(5-18(16)40-2)17-7-14(34)20-12(32)6-13(33)21(26(20)43-17)27-28(22(36)15(35)9-41-27)45-29-25(39)24(38)23(37)19(8-30)44-29/h3-7,15,19,22-25,27-30,32-33,35-39H,8-9H2,1-2H3/t15-,19?,22+,23-,24+,25?,27+,28?,29+/m1/s1. The van der Waals surface area contributed by atoms with Gasteiger partial charge in [-0.1, -0.05) is 0 Å². The molecule has 2 saturated heterocycles. The van der Waals surface area contributed by atoms with Crippen molar-refractivity contribution in [2.75, 3.05) is 20.3 Å². The second-order valence-corrected chi connectivity index (χ2v) is 10.6. The predicted octanol–water partition coefficient (Wildman–Crippen LogP) is -1.22. The third-order valence-electron chi connectivity index (χ3n) is 7.60. The number of phenols is 2. The number of phenolic OH excluding ortho intramolecular Hbond substituents is 2. The minimum Gasteiger partial charge on any atom is -0.507 e. The molecule has 5 rings (SSSR count). The van der Waals surface area contributed by atoms with Crippen molar-refractivity contribution in [3.05, 3.63) is 46.1 Å². The quantitative estimate of drug-likeness (QED) is 0.112. The number of esters is 1. The monoisotopic (exact) mass is 636 g/mol. The highest BCUT2D eigenvalue weighted by Gasteiger charge is 2.49. The highest BCUT2D eigenvalue weighted by Crippen LogP contribution is 2.44. The molecule has 3 unspecified atom stereocenters. The molecule has 0 aliphatic carbocycles. The van der Waals surface area contributed by atoms with Crippen molar-refractivity contribution in [2.45, 2.75) is 62.0 Å². The van der Waals surface area contributed by atoms with E-state index in [1.807, 2.05) is 0 Å². The summed E-state index contributed by atoms with van der Waals surface area (Å²) < 4.78 is 33.3. The summed E-state index contributed by atoms with van der Waals surface area (Å²) in [5, 5.41) is 83.0. The van der Waals surface area contributed by atoms with Gasteiger partial charge in [0.05, 0.1) is 25.9 Å². The van der Waals surface area contributed by atoms with Gasteiger partial charge >= 0.3 is 5.97 Å². The lowest BCUT2D eigenvalue weighted by atomic mass is 9.91. The molecule has 16 nitrogen and oxygen atoms in total. The van der Waals surface area contributed by atoms with Crippen LogP contribution in [0.3, 0.4) is 0 Å². The van der Waals surface area contributed by atoms with Gasteiger partial charge in [0.15, 0.2) is 28.8 Å². The number of carbonyl (C=O) groups excluding carboxylic acids is 1. The van der Waals surface area contributed by atoms with Gasteiger partial charge in [-0.2, -0.15) is 0 Å². The van der Waals surface area contributed by atoms with Gasteiger partial charge in [-0.25, -0.2) is 0 Å². The van der Waals surface area contributed by atoms with E-state index in [2.05, 4.69) is 0 Å². The molecule has 3 heterocycles. The Balaban J connectivity index is 1.62. The minimum atomic E-state index is -1.89. The lowest BCUT2D eigenvalue weighted by Gasteiger charge is -2.44. The fraction of sp³-hybridized carbons (Fsp3) is 0.448. The Morgan fingerprint density at radius 2 is 1.69 bits per heavy atom. The zero-order chi connectivity index (χ0) is 32.7. The summed E-state index contributed by atoms with van der Waals surface area (Å²) in [6, 6.07) is 6.16. The first-order valence-electron chi connectivity index (χ1n) is 13.7. The van der Waals surface area contributed by atoms with Crippen LogP contribution in [0.5, 0.6) is 23.0 Å². The van der Waals surface area contributed by atoms with Crippen LogP contribution in [0.1, 0.15) is 18.6 Å². The number of ether oxygens (including phenoxy) is 5. The highest BCUT2D eigenvalue weighted by molar-refractivity contribution is 5.89. The summed E-state index contributed by atoms with van der Waals surface area (Å²) in [6.07, 6.45) is -15.2. The largest absolute Gasteiger partial charge is 0.507 e. The number of hydrogen-bond donors (Lipinski definition) is 8. The van der Waals surface area contributed by atoms with Crippen molar-refractivity contribution in [2.24, 2.45) is 0 Å². The zero-order valence-electron chi connectivity index (χ0n) is 23.8. The average Bonchev–Trinajstić information content (AvgIpc) is 2.99. The molecule has 2 aliphatic rings. The Bertz CT molecular complexity index is 1620. The number of aliphatic hydroxyl groups is 6. The van der Waals surface area contributed by atoms with Gasteiger partial charge in [0, 0.05) is 24.6 Å². The van der Waals surface area contributed by atoms with Gasteiger partial charge in [0.1, 0.15) is 71.5 Å². The maximum absolute atomic E-state index is 13.3. The van der Waals surface area contributed by atoms with Gasteiger partial charge in [-0.15, -0.1) is 0 Å². The Morgan fingerprint density at radius 3 is 2.36 bits per heavy atom. The van der Waals surface area contributed by atoms with Crippen LogP contribution in [0.4, 0.5) is 0 Å². The van der Waals surface area contributed by atoms with Crippen molar-refractivity contribution in [1.29, 1.82) is 0 Å². The van der Waals surface area contributed by atoms with E-state index in [-0.39, 0.29) is 33.8 Å². The maximum Gasteiger partial charge on any atom is 0.308 e. The SMILES string of the molecule is COc1cc(-c2cc(=O)c3c(O)cc(O)c([C@@H]4OC[C@@H](O)[C@H](O)C4O[C@@H]4OC(CO)[C@@H](O)[C@H](O)C4O)c3o2)ccc1OC(C)=O. The predicted molar refractivity (Wildman–Crippen MR) is 148 cm³/mol. The summed E-state index contributed by atoms with van der Waals surface area (Å²) >= 11 is 0. The fourth-order valence-corrected chi connectivity index (χ4v) is 5.33. The number of fused-ring (bicyclic) bond motifs is 1. The summed E-state index contributed by atoms with van der Waals surface area (Å²) in [6.45, 7) is -0.0700. The van der Waals surface area contributed by atoms with E-state index < -0.39 is 96.8 Å². The third kappa shape index (κ3) is 6.07. The van der Waals surface area contributed by atoms with E-state index in [9.17, 15) is 50.4 Å². The van der Waals surface area contributed by atoms with Gasteiger partial charge in [-0.05, 0) is 18.2 Å². The van der Waals surface area contributed by atoms with Crippen LogP contribution in [-0.4, -0.2) is 116 Å². The molecule has 9 atom stereocenters. The first kappa shape index (κ1) is 32.6.